The second kappa shape index (κ2) is 11.0. The van der Waals surface area contributed by atoms with Crippen molar-refractivity contribution in [3.05, 3.63) is 111 Å². The van der Waals surface area contributed by atoms with E-state index in [1.807, 2.05) is 70.2 Å². The van der Waals surface area contributed by atoms with Gasteiger partial charge < -0.3 is 20.1 Å². The third-order valence-electron chi connectivity index (χ3n) is 8.01. The van der Waals surface area contributed by atoms with E-state index in [0.717, 1.165) is 44.9 Å². The highest BCUT2D eigenvalue weighted by atomic mass is 16.5. The van der Waals surface area contributed by atoms with Gasteiger partial charge in [0.1, 0.15) is 0 Å². The van der Waals surface area contributed by atoms with Crippen molar-refractivity contribution in [3.8, 4) is 11.5 Å². The molecule has 5 rings (SSSR count). The number of ketones is 1. The Bertz CT molecular complexity index is 1550. The zero-order valence-corrected chi connectivity index (χ0v) is 24.0. The molecule has 2 aliphatic rings. The van der Waals surface area contributed by atoms with Crippen LogP contribution in [0.1, 0.15) is 59.4 Å². The van der Waals surface area contributed by atoms with Crippen molar-refractivity contribution in [2.75, 3.05) is 19.5 Å². The first-order chi connectivity index (χ1) is 19.2. The van der Waals surface area contributed by atoms with E-state index in [0.29, 0.717) is 35.5 Å². The summed E-state index contributed by atoms with van der Waals surface area (Å²) in [5.74, 6) is 0.660. The fourth-order valence-corrected chi connectivity index (χ4v) is 5.90. The van der Waals surface area contributed by atoms with Crippen LogP contribution in [-0.4, -0.2) is 25.9 Å². The van der Waals surface area contributed by atoms with Crippen LogP contribution in [0.25, 0.3) is 0 Å². The molecule has 1 aliphatic heterocycles. The van der Waals surface area contributed by atoms with Crippen LogP contribution in [0.4, 0.5) is 5.69 Å². The maximum absolute atomic E-state index is 14.0. The molecular formula is C34H36N2O4. The van der Waals surface area contributed by atoms with Crippen LogP contribution in [-0.2, 0) is 9.59 Å². The summed E-state index contributed by atoms with van der Waals surface area (Å²) < 4.78 is 10.9. The van der Waals surface area contributed by atoms with Gasteiger partial charge in [0, 0.05) is 40.6 Å². The highest BCUT2D eigenvalue weighted by molar-refractivity contribution is 6.10. The number of nitrogens with one attached hydrogen (secondary N) is 2. The molecule has 2 N–H and O–H groups in total. The molecule has 2 atom stereocenters. The largest absolute Gasteiger partial charge is 0.493 e. The predicted octanol–water partition coefficient (Wildman–Crippen LogP) is 6.63. The number of benzene rings is 3. The molecule has 0 unspecified atom stereocenters. The molecule has 1 heterocycles. The number of methoxy groups -OCH3 is 2. The number of amides is 1. The van der Waals surface area contributed by atoms with E-state index in [-0.39, 0.29) is 17.6 Å². The fraction of sp³-hybridized carbons (Fsp3) is 0.294. The molecule has 6 nitrogen and oxygen atoms in total. The van der Waals surface area contributed by atoms with Gasteiger partial charge in [-0.1, -0.05) is 47.5 Å². The lowest BCUT2D eigenvalue weighted by Crippen LogP contribution is -2.37. The number of aryl methyl sites for hydroxylation is 3. The molecule has 0 saturated carbocycles. The van der Waals surface area contributed by atoms with E-state index < -0.39 is 5.92 Å². The van der Waals surface area contributed by atoms with Gasteiger partial charge in [-0.15, -0.1) is 0 Å². The number of carbonyl (C=O) groups is 2. The lowest BCUT2D eigenvalue weighted by Gasteiger charge is -2.37. The third-order valence-corrected chi connectivity index (χ3v) is 8.01. The Labute approximate surface area is 236 Å². The number of hydrogen-bond donors (Lipinski definition) is 2. The van der Waals surface area contributed by atoms with Gasteiger partial charge >= 0.3 is 0 Å². The summed E-state index contributed by atoms with van der Waals surface area (Å²) in [6.45, 7) is 8.02. The number of dihydropyridines is 1. The highest BCUT2D eigenvalue weighted by Crippen LogP contribution is 2.47. The lowest BCUT2D eigenvalue weighted by molar-refractivity contribution is -0.116. The van der Waals surface area contributed by atoms with Crippen molar-refractivity contribution in [1.29, 1.82) is 0 Å². The highest BCUT2D eigenvalue weighted by Gasteiger charge is 2.41. The number of anilines is 1. The Balaban J connectivity index is 1.57. The Morgan fingerprint density at radius 2 is 1.55 bits per heavy atom. The van der Waals surface area contributed by atoms with Crippen molar-refractivity contribution >= 4 is 17.4 Å². The van der Waals surface area contributed by atoms with Crippen LogP contribution < -0.4 is 20.1 Å². The molecule has 1 amide bonds. The summed E-state index contributed by atoms with van der Waals surface area (Å²) in [7, 11) is 3.23. The molecule has 0 radical (unpaired) electrons. The van der Waals surface area contributed by atoms with E-state index in [1.165, 1.54) is 0 Å². The normalized spacial score (nSPS) is 18.7. The quantitative estimate of drug-likeness (QED) is 0.370. The summed E-state index contributed by atoms with van der Waals surface area (Å²) in [6.07, 6.45) is 1.01. The molecule has 3 aromatic rings. The SMILES string of the molecule is COc1ccc([C@@H]2CC(=O)C3=C(C2)NC(C)=C(C(=O)Nc2ccc(C)cc2)[C@@H]3c2cc(C)ccc2C)cc1OC. The van der Waals surface area contributed by atoms with Gasteiger partial charge in [-0.25, -0.2) is 0 Å². The van der Waals surface area contributed by atoms with Crippen LogP contribution in [0, 0.1) is 20.8 Å². The van der Waals surface area contributed by atoms with Crippen molar-refractivity contribution < 1.29 is 19.1 Å². The summed E-state index contributed by atoms with van der Waals surface area (Å²) in [6, 6.07) is 19.8. The first-order valence-corrected chi connectivity index (χ1v) is 13.6. The van der Waals surface area contributed by atoms with Gasteiger partial charge in [0.05, 0.1) is 14.2 Å². The van der Waals surface area contributed by atoms with E-state index in [2.05, 4.69) is 28.8 Å². The molecule has 3 aromatic carbocycles. The number of rotatable bonds is 6. The molecule has 1 aliphatic carbocycles. The number of hydrogen-bond acceptors (Lipinski definition) is 5. The average molecular weight is 537 g/mol. The molecule has 0 aromatic heterocycles. The Hall–Kier alpha value is -4.32. The molecular weight excluding hydrogens is 500 g/mol. The zero-order chi connectivity index (χ0) is 28.6. The molecule has 40 heavy (non-hydrogen) atoms. The smallest absolute Gasteiger partial charge is 0.254 e. The Morgan fingerprint density at radius 1 is 0.850 bits per heavy atom. The standard InChI is InChI=1S/C34H36N2O4/c1-19-8-12-25(13-9-19)36-34(38)31-22(4)35-27-16-24(23-11-14-29(39-5)30(18-23)40-6)17-28(37)33(27)32(31)26-15-20(2)7-10-21(26)3/h7-15,18,24,32,35H,16-17H2,1-6H3,(H,36,38)/t24-,32-/m0/s1. The van der Waals surface area contributed by atoms with Gasteiger partial charge in [-0.3, -0.25) is 9.59 Å². The van der Waals surface area contributed by atoms with Crippen LogP contribution in [0.2, 0.25) is 0 Å². The number of ether oxygens (including phenoxy) is 2. The molecule has 0 fully saturated rings. The minimum absolute atomic E-state index is 0.0199. The van der Waals surface area contributed by atoms with Crippen molar-refractivity contribution in [1.82, 2.24) is 5.32 Å². The topological polar surface area (TPSA) is 76.7 Å². The van der Waals surface area contributed by atoms with Crippen LogP contribution in [0.5, 0.6) is 11.5 Å². The number of Topliss-reactive ketones (excluding diaryl/α,β-unsaturated/α-hetero) is 1. The van der Waals surface area contributed by atoms with Crippen molar-refractivity contribution in [2.24, 2.45) is 0 Å². The molecule has 0 spiro atoms. The fourth-order valence-electron chi connectivity index (χ4n) is 5.90. The van der Waals surface area contributed by atoms with Crippen molar-refractivity contribution in [2.45, 2.75) is 52.4 Å². The van der Waals surface area contributed by atoms with Gasteiger partial charge in [-0.2, -0.15) is 0 Å². The summed E-state index contributed by atoms with van der Waals surface area (Å²) in [5.41, 5.74) is 8.88. The van der Waals surface area contributed by atoms with Gasteiger partial charge in [-0.05, 0) is 81.0 Å². The van der Waals surface area contributed by atoms with Crippen molar-refractivity contribution in [3.63, 3.8) is 0 Å². The van der Waals surface area contributed by atoms with Gasteiger partial charge in [0.25, 0.3) is 5.91 Å². The molecule has 6 heteroatoms. The monoisotopic (exact) mass is 536 g/mol. The minimum atomic E-state index is -0.458. The summed E-state index contributed by atoms with van der Waals surface area (Å²) >= 11 is 0. The second-order valence-electron chi connectivity index (χ2n) is 10.8. The first-order valence-electron chi connectivity index (χ1n) is 13.6. The lowest BCUT2D eigenvalue weighted by atomic mass is 9.70. The maximum atomic E-state index is 14.0. The third kappa shape index (κ3) is 5.14. The van der Waals surface area contributed by atoms with Crippen LogP contribution in [0.3, 0.4) is 0 Å². The van der Waals surface area contributed by atoms with E-state index in [9.17, 15) is 9.59 Å². The summed E-state index contributed by atoms with van der Waals surface area (Å²) in [4.78, 5) is 27.9. The van der Waals surface area contributed by atoms with Gasteiger partial charge in [0.2, 0.25) is 0 Å². The zero-order valence-electron chi connectivity index (χ0n) is 24.0. The molecule has 0 bridgehead atoms. The number of carbonyl (C=O) groups excluding carboxylic acids is 2. The second-order valence-corrected chi connectivity index (χ2v) is 10.8. The Kier molecular flexibility index (Phi) is 7.53. The predicted molar refractivity (Wildman–Crippen MR) is 158 cm³/mol. The first kappa shape index (κ1) is 27.3. The maximum Gasteiger partial charge on any atom is 0.254 e. The van der Waals surface area contributed by atoms with Crippen LogP contribution >= 0.6 is 0 Å². The number of allylic oxidation sites excluding steroid dienone is 3. The van der Waals surface area contributed by atoms with E-state index in [1.54, 1.807) is 14.2 Å². The molecule has 0 saturated heterocycles. The minimum Gasteiger partial charge on any atom is -0.493 e. The van der Waals surface area contributed by atoms with Gasteiger partial charge in [0.15, 0.2) is 17.3 Å². The average Bonchev–Trinajstić information content (AvgIpc) is 2.94. The summed E-state index contributed by atoms with van der Waals surface area (Å²) in [5, 5.41) is 6.56. The molecule has 206 valence electrons. The van der Waals surface area contributed by atoms with Crippen LogP contribution in [0.15, 0.2) is 83.2 Å². The van der Waals surface area contributed by atoms with E-state index >= 15 is 0 Å². The van der Waals surface area contributed by atoms with E-state index in [4.69, 9.17) is 9.47 Å². The Morgan fingerprint density at radius 3 is 2.25 bits per heavy atom.